The number of aliphatic hydroxyl groups excluding tert-OH is 1. The standard InChI is InChI=1S/C15H21N3O3/c19-13-6-3-4-10(13)12-5-1-2-7-18(12)14-9-16-11(8-17-14)15(20)21/h8-10,12-13,19H,1-7H2,(H,20,21). The van der Waals surface area contributed by atoms with E-state index in [0.717, 1.165) is 44.5 Å². The fraction of sp³-hybridized carbons (Fsp3) is 0.667. The van der Waals surface area contributed by atoms with E-state index in [-0.39, 0.29) is 11.8 Å². The van der Waals surface area contributed by atoms with E-state index in [4.69, 9.17) is 5.11 Å². The highest BCUT2D eigenvalue weighted by Crippen LogP contribution is 2.36. The predicted octanol–water partition coefficient (Wildman–Crippen LogP) is 1.69. The molecule has 0 spiro atoms. The van der Waals surface area contributed by atoms with E-state index in [2.05, 4.69) is 14.9 Å². The molecule has 0 bridgehead atoms. The highest BCUT2D eigenvalue weighted by atomic mass is 16.4. The van der Waals surface area contributed by atoms with Gasteiger partial charge >= 0.3 is 5.97 Å². The lowest BCUT2D eigenvalue weighted by atomic mass is 9.88. The van der Waals surface area contributed by atoms with E-state index >= 15 is 0 Å². The van der Waals surface area contributed by atoms with Crippen LogP contribution < -0.4 is 4.90 Å². The van der Waals surface area contributed by atoms with E-state index in [1.807, 2.05) is 0 Å². The third-order valence-electron chi connectivity index (χ3n) is 4.73. The highest BCUT2D eigenvalue weighted by molar-refractivity contribution is 5.84. The minimum absolute atomic E-state index is 0.0341. The first-order chi connectivity index (χ1) is 10.2. The van der Waals surface area contributed by atoms with E-state index in [1.54, 1.807) is 6.20 Å². The molecule has 1 saturated carbocycles. The first-order valence-corrected chi connectivity index (χ1v) is 7.67. The van der Waals surface area contributed by atoms with Crippen LogP contribution in [0.3, 0.4) is 0 Å². The van der Waals surface area contributed by atoms with E-state index < -0.39 is 5.97 Å². The van der Waals surface area contributed by atoms with Gasteiger partial charge in [-0.3, -0.25) is 0 Å². The van der Waals surface area contributed by atoms with E-state index in [1.165, 1.54) is 12.6 Å². The first kappa shape index (κ1) is 14.3. The number of carboxylic acid groups (broad SMARTS) is 1. The molecule has 6 nitrogen and oxygen atoms in total. The second-order valence-electron chi connectivity index (χ2n) is 5.98. The van der Waals surface area contributed by atoms with Crippen LogP contribution in [0.4, 0.5) is 5.82 Å². The summed E-state index contributed by atoms with van der Waals surface area (Å²) in [5.41, 5.74) is -0.0341. The Morgan fingerprint density at radius 1 is 1.14 bits per heavy atom. The lowest BCUT2D eigenvalue weighted by Gasteiger charge is -2.41. The normalized spacial score (nSPS) is 29.6. The van der Waals surface area contributed by atoms with Crippen LogP contribution in [-0.2, 0) is 0 Å². The molecule has 1 aliphatic heterocycles. The number of aromatic nitrogens is 2. The lowest BCUT2D eigenvalue weighted by molar-refractivity contribution is 0.0690. The molecule has 114 valence electrons. The van der Waals surface area contributed by atoms with Gasteiger partial charge in [-0.25, -0.2) is 14.8 Å². The Kier molecular flexibility index (Phi) is 4.05. The van der Waals surface area contributed by atoms with Gasteiger partial charge < -0.3 is 15.1 Å². The van der Waals surface area contributed by atoms with Crippen LogP contribution in [0.1, 0.15) is 49.0 Å². The molecule has 0 radical (unpaired) electrons. The van der Waals surface area contributed by atoms with Crippen molar-refractivity contribution in [3.63, 3.8) is 0 Å². The average molecular weight is 291 g/mol. The number of aliphatic hydroxyl groups is 1. The van der Waals surface area contributed by atoms with Gasteiger partial charge in [-0.2, -0.15) is 0 Å². The number of carboxylic acids is 1. The van der Waals surface area contributed by atoms with Gasteiger partial charge in [0.1, 0.15) is 5.82 Å². The molecular weight excluding hydrogens is 270 g/mol. The van der Waals surface area contributed by atoms with Crippen molar-refractivity contribution in [2.45, 2.75) is 50.7 Å². The summed E-state index contributed by atoms with van der Waals surface area (Å²) >= 11 is 0. The quantitative estimate of drug-likeness (QED) is 0.881. The second kappa shape index (κ2) is 5.97. The van der Waals surface area contributed by atoms with Crippen molar-refractivity contribution in [2.24, 2.45) is 5.92 Å². The Labute approximate surface area is 123 Å². The fourth-order valence-electron chi connectivity index (χ4n) is 3.68. The van der Waals surface area contributed by atoms with Crippen LogP contribution in [-0.4, -0.2) is 44.8 Å². The molecule has 2 aliphatic rings. The Balaban J connectivity index is 1.81. The molecule has 21 heavy (non-hydrogen) atoms. The van der Waals surface area contributed by atoms with Gasteiger partial charge in [0.2, 0.25) is 0 Å². The number of hydrogen-bond donors (Lipinski definition) is 2. The number of carbonyl (C=O) groups is 1. The maximum atomic E-state index is 10.9. The summed E-state index contributed by atoms with van der Waals surface area (Å²) in [6, 6.07) is 0.293. The van der Waals surface area contributed by atoms with Gasteiger partial charge in [0.05, 0.1) is 18.5 Å². The summed E-state index contributed by atoms with van der Waals surface area (Å²) < 4.78 is 0. The number of anilines is 1. The van der Waals surface area contributed by atoms with Gasteiger partial charge in [-0.1, -0.05) is 6.42 Å². The second-order valence-corrected chi connectivity index (χ2v) is 5.98. The van der Waals surface area contributed by atoms with Crippen molar-refractivity contribution in [2.75, 3.05) is 11.4 Å². The molecule has 3 rings (SSSR count). The molecule has 0 amide bonds. The van der Waals surface area contributed by atoms with Crippen molar-refractivity contribution in [1.82, 2.24) is 9.97 Å². The summed E-state index contributed by atoms with van der Waals surface area (Å²) in [5.74, 6) is -0.0366. The number of hydrogen-bond acceptors (Lipinski definition) is 5. The van der Waals surface area contributed by atoms with Gasteiger partial charge in [0, 0.05) is 18.5 Å². The van der Waals surface area contributed by atoms with Crippen LogP contribution in [0, 0.1) is 5.92 Å². The fourth-order valence-corrected chi connectivity index (χ4v) is 3.68. The summed E-state index contributed by atoms with van der Waals surface area (Å²) in [4.78, 5) is 21.3. The molecule has 3 unspecified atom stereocenters. The molecule has 1 saturated heterocycles. The van der Waals surface area contributed by atoms with Crippen LogP contribution in [0.15, 0.2) is 12.4 Å². The Hall–Kier alpha value is -1.69. The van der Waals surface area contributed by atoms with Crippen LogP contribution in [0.25, 0.3) is 0 Å². The summed E-state index contributed by atoms with van der Waals surface area (Å²) in [6.45, 7) is 0.898. The molecule has 1 aromatic heterocycles. The molecule has 2 fully saturated rings. The van der Waals surface area contributed by atoms with Crippen LogP contribution in [0.5, 0.6) is 0 Å². The molecule has 1 aromatic rings. The Morgan fingerprint density at radius 3 is 2.62 bits per heavy atom. The average Bonchev–Trinajstić information content (AvgIpc) is 2.93. The Morgan fingerprint density at radius 2 is 2.00 bits per heavy atom. The number of piperidine rings is 1. The lowest BCUT2D eigenvalue weighted by Crippen LogP contribution is -2.47. The zero-order chi connectivity index (χ0) is 14.8. The Bertz CT molecular complexity index is 505. The van der Waals surface area contributed by atoms with Crippen molar-refractivity contribution < 1.29 is 15.0 Å². The third kappa shape index (κ3) is 2.85. The van der Waals surface area contributed by atoms with Gasteiger partial charge in [-0.15, -0.1) is 0 Å². The monoisotopic (exact) mass is 291 g/mol. The molecule has 6 heteroatoms. The number of rotatable bonds is 3. The summed E-state index contributed by atoms with van der Waals surface area (Å²) in [7, 11) is 0. The van der Waals surface area contributed by atoms with Crippen molar-refractivity contribution in [3.05, 3.63) is 18.1 Å². The minimum atomic E-state index is -1.06. The maximum Gasteiger partial charge on any atom is 0.356 e. The zero-order valence-corrected chi connectivity index (χ0v) is 12.0. The zero-order valence-electron chi connectivity index (χ0n) is 12.0. The molecule has 2 N–H and O–H groups in total. The number of aromatic carboxylic acids is 1. The SMILES string of the molecule is O=C(O)c1cnc(N2CCCCC2C2CCCC2O)cn1. The minimum Gasteiger partial charge on any atom is -0.476 e. The van der Waals surface area contributed by atoms with Crippen LogP contribution in [0.2, 0.25) is 0 Å². The smallest absolute Gasteiger partial charge is 0.356 e. The van der Waals surface area contributed by atoms with Crippen molar-refractivity contribution in [3.8, 4) is 0 Å². The van der Waals surface area contributed by atoms with E-state index in [0.29, 0.717) is 12.0 Å². The molecule has 1 aliphatic carbocycles. The van der Waals surface area contributed by atoms with Gasteiger partial charge in [-0.05, 0) is 32.1 Å². The maximum absolute atomic E-state index is 10.9. The summed E-state index contributed by atoms with van der Waals surface area (Å²) in [5, 5.41) is 19.1. The summed E-state index contributed by atoms with van der Waals surface area (Å²) in [6.07, 6.45) is 9.00. The molecular formula is C15H21N3O3. The molecule has 0 aromatic carbocycles. The molecule has 3 atom stereocenters. The molecule has 2 heterocycles. The number of nitrogens with zero attached hydrogens (tertiary/aromatic N) is 3. The largest absolute Gasteiger partial charge is 0.476 e. The third-order valence-corrected chi connectivity index (χ3v) is 4.73. The first-order valence-electron chi connectivity index (χ1n) is 7.67. The van der Waals surface area contributed by atoms with Gasteiger partial charge in [0.15, 0.2) is 5.69 Å². The topological polar surface area (TPSA) is 86.5 Å². The van der Waals surface area contributed by atoms with Gasteiger partial charge in [0.25, 0.3) is 0 Å². The highest BCUT2D eigenvalue weighted by Gasteiger charge is 2.37. The van der Waals surface area contributed by atoms with Crippen molar-refractivity contribution >= 4 is 11.8 Å². The van der Waals surface area contributed by atoms with Crippen LogP contribution >= 0.6 is 0 Å². The van der Waals surface area contributed by atoms with E-state index in [9.17, 15) is 9.90 Å². The van der Waals surface area contributed by atoms with Crippen molar-refractivity contribution in [1.29, 1.82) is 0 Å². The predicted molar refractivity (Wildman–Crippen MR) is 77.3 cm³/mol.